The summed E-state index contributed by atoms with van der Waals surface area (Å²) in [7, 11) is 0. The van der Waals surface area contributed by atoms with Crippen molar-refractivity contribution in [3.63, 3.8) is 0 Å². The molecule has 4 rings (SSSR count). The molecule has 1 N–H and O–H groups in total. The van der Waals surface area contributed by atoms with Gasteiger partial charge in [-0.2, -0.15) is 5.10 Å². The predicted molar refractivity (Wildman–Crippen MR) is 104 cm³/mol. The fraction of sp³-hybridized carbons (Fsp3) is 0.524. The number of nitrogens with zero attached hydrogens (tertiary/aromatic N) is 4. The SMILES string of the molecule is O=C(c1ccccc1-n1cccn1)N1C[C@@H](CO)[C@@H](CN2CCCCC2)C1. The largest absolute Gasteiger partial charge is 0.396 e. The normalized spacial score (nSPS) is 23.7. The highest BCUT2D eigenvalue weighted by molar-refractivity contribution is 5.98. The molecule has 1 aromatic carbocycles. The Balaban J connectivity index is 1.50. The van der Waals surface area contributed by atoms with Crippen molar-refractivity contribution in [2.45, 2.75) is 19.3 Å². The number of aliphatic hydroxyl groups is 1. The first-order chi connectivity index (χ1) is 13.3. The second kappa shape index (κ2) is 8.23. The topological polar surface area (TPSA) is 61.6 Å². The molecule has 6 heteroatoms. The summed E-state index contributed by atoms with van der Waals surface area (Å²) in [6, 6.07) is 9.46. The average molecular weight is 368 g/mol. The Labute approximate surface area is 160 Å². The van der Waals surface area contributed by atoms with Gasteiger partial charge < -0.3 is 14.9 Å². The van der Waals surface area contributed by atoms with Crippen molar-refractivity contribution >= 4 is 5.91 Å². The Morgan fingerprint density at radius 1 is 1.07 bits per heavy atom. The van der Waals surface area contributed by atoms with E-state index in [1.165, 1.54) is 19.3 Å². The van der Waals surface area contributed by atoms with Crippen LogP contribution in [0.4, 0.5) is 0 Å². The van der Waals surface area contributed by atoms with Crippen LogP contribution in [0.3, 0.4) is 0 Å². The smallest absolute Gasteiger partial charge is 0.256 e. The second-order valence-electron chi connectivity index (χ2n) is 7.74. The molecule has 1 aromatic heterocycles. The van der Waals surface area contributed by atoms with Gasteiger partial charge in [0.1, 0.15) is 0 Å². The highest BCUT2D eigenvalue weighted by atomic mass is 16.3. The van der Waals surface area contributed by atoms with Crippen molar-refractivity contribution in [1.82, 2.24) is 19.6 Å². The molecule has 1 amide bonds. The zero-order valence-electron chi connectivity index (χ0n) is 15.7. The van der Waals surface area contributed by atoms with Crippen LogP contribution in [0, 0.1) is 11.8 Å². The number of aromatic nitrogens is 2. The van der Waals surface area contributed by atoms with Gasteiger partial charge >= 0.3 is 0 Å². The van der Waals surface area contributed by atoms with Crippen molar-refractivity contribution in [2.24, 2.45) is 11.8 Å². The molecule has 0 aliphatic carbocycles. The summed E-state index contributed by atoms with van der Waals surface area (Å²) in [5.74, 6) is 0.530. The molecule has 0 saturated carbocycles. The number of amides is 1. The van der Waals surface area contributed by atoms with E-state index in [0.29, 0.717) is 24.6 Å². The molecule has 3 heterocycles. The first kappa shape index (κ1) is 18.2. The van der Waals surface area contributed by atoms with E-state index in [4.69, 9.17) is 0 Å². The van der Waals surface area contributed by atoms with E-state index in [1.54, 1.807) is 10.9 Å². The molecule has 144 valence electrons. The van der Waals surface area contributed by atoms with Crippen LogP contribution >= 0.6 is 0 Å². The van der Waals surface area contributed by atoms with Crippen LogP contribution < -0.4 is 0 Å². The maximum atomic E-state index is 13.3. The van der Waals surface area contributed by atoms with E-state index >= 15 is 0 Å². The van der Waals surface area contributed by atoms with Crippen LogP contribution in [-0.4, -0.2) is 69.9 Å². The highest BCUT2D eigenvalue weighted by Gasteiger charge is 2.36. The van der Waals surface area contributed by atoms with E-state index in [9.17, 15) is 9.90 Å². The van der Waals surface area contributed by atoms with Gasteiger partial charge in [0, 0.05) is 44.6 Å². The van der Waals surface area contributed by atoms with Crippen molar-refractivity contribution in [2.75, 3.05) is 39.3 Å². The number of carbonyl (C=O) groups is 1. The molecule has 0 unspecified atom stereocenters. The minimum Gasteiger partial charge on any atom is -0.396 e. The first-order valence-electron chi connectivity index (χ1n) is 9.98. The molecule has 2 fully saturated rings. The summed E-state index contributed by atoms with van der Waals surface area (Å²) in [6.45, 7) is 4.75. The molecule has 2 aliphatic heterocycles. The van der Waals surface area contributed by atoms with E-state index in [1.807, 2.05) is 41.4 Å². The number of rotatable bonds is 5. The number of para-hydroxylation sites is 1. The summed E-state index contributed by atoms with van der Waals surface area (Å²) in [4.78, 5) is 17.7. The maximum absolute atomic E-state index is 13.3. The van der Waals surface area contributed by atoms with Gasteiger partial charge in [-0.3, -0.25) is 4.79 Å². The lowest BCUT2D eigenvalue weighted by Gasteiger charge is -2.30. The third-order valence-corrected chi connectivity index (χ3v) is 5.93. The Hall–Kier alpha value is -2.18. The van der Waals surface area contributed by atoms with E-state index in [-0.39, 0.29) is 18.4 Å². The molecule has 27 heavy (non-hydrogen) atoms. The number of benzene rings is 1. The van der Waals surface area contributed by atoms with Gasteiger partial charge in [-0.15, -0.1) is 0 Å². The quantitative estimate of drug-likeness (QED) is 0.877. The van der Waals surface area contributed by atoms with Crippen molar-refractivity contribution in [1.29, 1.82) is 0 Å². The van der Waals surface area contributed by atoms with Crippen LogP contribution in [-0.2, 0) is 0 Å². The average Bonchev–Trinajstić information content (AvgIpc) is 3.38. The molecule has 2 aliphatic rings. The van der Waals surface area contributed by atoms with E-state index < -0.39 is 0 Å². The molecule has 0 bridgehead atoms. The zero-order valence-corrected chi connectivity index (χ0v) is 15.7. The monoisotopic (exact) mass is 368 g/mol. The van der Waals surface area contributed by atoms with Gasteiger partial charge in [-0.05, 0) is 50.0 Å². The van der Waals surface area contributed by atoms with Crippen molar-refractivity contribution in [3.05, 3.63) is 48.3 Å². The van der Waals surface area contributed by atoms with E-state index in [0.717, 1.165) is 25.3 Å². The standard InChI is InChI=1S/C21H28N4O2/c26-16-18-15-24(14-17(18)13-23-10-4-1-5-11-23)21(27)19-7-2-3-8-20(19)25-12-6-9-22-25/h2-3,6-9,12,17-18,26H,1,4-5,10-11,13-16H2/t17-,18-/m0/s1. The Kier molecular flexibility index (Phi) is 5.55. The number of carbonyl (C=O) groups excluding carboxylic acids is 1. The molecule has 0 spiro atoms. The fourth-order valence-corrected chi connectivity index (χ4v) is 4.43. The minimum atomic E-state index is 0.0284. The predicted octanol–water partition coefficient (Wildman–Crippen LogP) is 2.04. The summed E-state index contributed by atoms with van der Waals surface area (Å²) in [5.41, 5.74) is 1.46. The van der Waals surface area contributed by atoms with Gasteiger partial charge in [0.05, 0.1) is 11.3 Å². The molecule has 2 aromatic rings. The molecule has 2 atom stereocenters. The lowest BCUT2D eigenvalue weighted by atomic mass is 9.95. The maximum Gasteiger partial charge on any atom is 0.256 e. The molecular weight excluding hydrogens is 340 g/mol. The Morgan fingerprint density at radius 2 is 1.85 bits per heavy atom. The number of hydrogen-bond donors (Lipinski definition) is 1. The first-order valence-corrected chi connectivity index (χ1v) is 9.98. The third kappa shape index (κ3) is 3.92. The second-order valence-corrected chi connectivity index (χ2v) is 7.74. The van der Waals surface area contributed by atoms with Crippen LogP contribution in [0.25, 0.3) is 5.69 Å². The van der Waals surface area contributed by atoms with Crippen LogP contribution in [0.15, 0.2) is 42.7 Å². The van der Waals surface area contributed by atoms with Gasteiger partial charge in [0.25, 0.3) is 5.91 Å². The molecule has 6 nitrogen and oxygen atoms in total. The highest BCUT2D eigenvalue weighted by Crippen LogP contribution is 2.28. The number of hydrogen-bond acceptors (Lipinski definition) is 4. The van der Waals surface area contributed by atoms with Gasteiger partial charge in [-0.1, -0.05) is 18.6 Å². The lowest BCUT2D eigenvalue weighted by Crippen LogP contribution is -2.37. The minimum absolute atomic E-state index is 0.0284. The van der Waals surface area contributed by atoms with E-state index in [2.05, 4.69) is 10.00 Å². The van der Waals surface area contributed by atoms with Gasteiger partial charge in [0.2, 0.25) is 0 Å². The van der Waals surface area contributed by atoms with Gasteiger partial charge in [-0.25, -0.2) is 4.68 Å². The van der Waals surface area contributed by atoms with Gasteiger partial charge in [0.15, 0.2) is 0 Å². The lowest BCUT2D eigenvalue weighted by molar-refractivity contribution is 0.0778. The fourth-order valence-electron chi connectivity index (χ4n) is 4.43. The van der Waals surface area contributed by atoms with Crippen LogP contribution in [0.5, 0.6) is 0 Å². The van der Waals surface area contributed by atoms with Crippen molar-refractivity contribution < 1.29 is 9.90 Å². The number of likely N-dealkylation sites (tertiary alicyclic amines) is 2. The Bertz CT molecular complexity index is 755. The molecule has 2 saturated heterocycles. The summed E-state index contributed by atoms with van der Waals surface area (Å²) >= 11 is 0. The summed E-state index contributed by atoms with van der Waals surface area (Å²) < 4.78 is 1.73. The molecule has 0 radical (unpaired) electrons. The Morgan fingerprint density at radius 3 is 2.59 bits per heavy atom. The number of piperidine rings is 1. The number of aliphatic hydroxyl groups excluding tert-OH is 1. The molecular formula is C21H28N4O2. The zero-order chi connectivity index (χ0) is 18.6. The van der Waals surface area contributed by atoms with Crippen LogP contribution in [0.2, 0.25) is 0 Å². The third-order valence-electron chi connectivity index (χ3n) is 5.93. The summed E-state index contributed by atoms with van der Waals surface area (Å²) in [6.07, 6.45) is 7.41. The van der Waals surface area contributed by atoms with Crippen molar-refractivity contribution in [3.8, 4) is 5.69 Å². The van der Waals surface area contributed by atoms with Crippen LogP contribution in [0.1, 0.15) is 29.6 Å². The summed E-state index contributed by atoms with van der Waals surface area (Å²) in [5, 5.41) is 14.1.